The van der Waals surface area contributed by atoms with E-state index in [0.717, 1.165) is 57.8 Å². The summed E-state index contributed by atoms with van der Waals surface area (Å²) in [4.78, 5) is 34.9. The summed E-state index contributed by atoms with van der Waals surface area (Å²) in [5.41, 5.74) is 0. The number of rotatable bonds is 36. The minimum atomic E-state index is -4.69. The number of phosphoric ester groups is 1. The Hall–Kier alpha value is -3.15. The van der Waals surface area contributed by atoms with Crippen molar-refractivity contribution in [2.75, 3.05) is 26.4 Å². The van der Waals surface area contributed by atoms with Crippen LogP contribution >= 0.6 is 7.82 Å². The molecular weight excluding hydrogens is 735 g/mol. The molecule has 0 saturated carbocycles. The highest BCUT2D eigenvalue weighted by Crippen LogP contribution is 2.43. The van der Waals surface area contributed by atoms with Crippen molar-refractivity contribution in [1.29, 1.82) is 0 Å². The molecule has 2 unspecified atom stereocenters. The van der Waals surface area contributed by atoms with E-state index in [9.17, 15) is 29.3 Å². The highest BCUT2D eigenvalue weighted by atomic mass is 31.2. The molecule has 0 amide bonds. The first-order valence-corrected chi connectivity index (χ1v) is 21.8. The Morgan fingerprint density at radius 3 is 1.75 bits per heavy atom. The van der Waals surface area contributed by atoms with Gasteiger partial charge in [0.05, 0.1) is 25.9 Å². The van der Waals surface area contributed by atoms with E-state index in [1.165, 1.54) is 19.3 Å². The third kappa shape index (κ3) is 37.8. The molecule has 0 heterocycles. The molecule has 0 aliphatic heterocycles. The van der Waals surface area contributed by atoms with Crippen molar-refractivity contribution in [3.63, 3.8) is 0 Å². The molecule has 0 aliphatic rings. The Labute approximate surface area is 336 Å². The lowest BCUT2D eigenvalue weighted by Gasteiger charge is -2.20. The van der Waals surface area contributed by atoms with E-state index in [1.54, 1.807) is 12.2 Å². The summed E-state index contributed by atoms with van der Waals surface area (Å²) in [5, 5.41) is 28.6. The number of carbonyl (C=O) groups is 2. The van der Waals surface area contributed by atoms with Crippen LogP contribution in [-0.2, 0) is 32.7 Å². The average Bonchev–Trinajstić information content (AvgIpc) is 3.18. The van der Waals surface area contributed by atoms with Gasteiger partial charge in [-0.1, -0.05) is 124 Å². The second-order valence-corrected chi connectivity index (χ2v) is 14.6. The summed E-state index contributed by atoms with van der Waals surface area (Å²) in [6.07, 6.45) is 42.7. The zero-order chi connectivity index (χ0) is 41.4. The second-order valence-electron chi connectivity index (χ2n) is 13.1. The maximum absolute atomic E-state index is 12.6. The quantitative estimate of drug-likeness (QED) is 0.0156. The molecule has 0 spiro atoms. The molecule has 4 atom stereocenters. The fourth-order valence-corrected chi connectivity index (χ4v) is 5.46. The Bertz CT molecular complexity index is 1270. The molecule has 0 aromatic rings. The van der Waals surface area contributed by atoms with Crippen molar-refractivity contribution in [2.24, 2.45) is 0 Å². The van der Waals surface area contributed by atoms with E-state index in [2.05, 4.69) is 91.3 Å². The standard InChI is InChI=1S/C44H71O11P/c1-3-5-7-9-11-13-15-17-18-20-22-24-26-28-30-34-43(48)52-38-42(39-54-56(50,51)53-37-41(47)36-45)55-44(49)35-31-33-40(46)32-29-27-25-23-21-19-16-14-12-10-8-6-4-2/h6,8,11-14,17-19,21-22,24-25,27,29,32,40-42,45-47H,3-5,7,9-10,15-16,20,23,26,28,30-31,33-39H2,1-2H3,(H,50,51)/b8-6-,13-11-,14-12-,18-17-,21-19-,24-22-,27-25-,32-29+/t40?,41-,42+/m0/s1. The first-order valence-electron chi connectivity index (χ1n) is 20.3. The van der Waals surface area contributed by atoms with E-state index >= 15 is 0 Å². The molecule has 0 aromatic heterocycles. The molecule has 318 valence electrons. The molecule has 0 saturated heterocycles. The van der Waals surface area contributed by atoms with Crippen LogP contribution in [0.4, 0.5) is 0 Å². The van der Waals surface area contributed by atoms with Crippen LogP contribution in [0.15, 0.2) is 97.2 Å². The zero-order valence-corrected chi connectivity index (χ0v) is 34.8. The molecule has 0 radical (unpaired) electrons. The summed E-state index contributed by atoms with van der Waals surface area (Å²) >= 11 is 0. The summed E-state index contributed by atoms with van der Waals surface area (Å²) in [7, 11) is -4.69. The number of hydrogen-bond acceptors (Lipinski definition) is 10. The third-order valence-corrected chi connectivity index (χ3v) is 8.78. The minimum Gasteiger partial charge on any atom is -0.462 e. The predicted molar refractivity (Wildman–Crippen MR) is 225 cm³/mol. The van der Waals surface area contributed by atoms with Gasteiger partial charge in [-0.25, -0.2) is 4.57 Å². The summed E-state index contributed by atoms with van der Waals surface area (Å²) in [6, 6.07) is 0. The van der Waals surface area contributed by atoms with Crippen molar-refractivity contribution in [3.05, 3.63) is 97.2 Å². The van der Waals surface area contributed by atoms with Crippen LogP contribution in [0.1, 0.15) is 123 Å². The van der Waals surface area contributed by atoms with Crippen LogP contribution in [0.2, 0.25) is 0 Å². The van der Waals surface area contributed by atoms with Gasteiger partial charge in [-0.2, -0.15) is 0 Å². The van der Waals surface area contributed by atoms with Gasteiger partial charge in [0.1, 0.15) is 12.7 Å². The lowest BCUT2D eigenvalue weighted by atomic mass is 10.1. The maximum Gasteiger partial charge on any atom is 0.472 e. The largest absolute Gasteiger partial charge is 0.472 e. The molecule has 12 heteroatoms. The molecule has 56 heavy (non-hydrogen) atoms. The van der Waals surface area contributed by atoms with Crippen LogP contribution in [0.5, 0.6) is 0 Å². The molecule has 0 rings (SSSR count). The van der Waals surface area contributed by atoms with Gasteiger partial charge in [0, 0.05) is 12.8 Å². The topological polar surface area (TPSA) is 169 Å². The number of hydrogen-bond donors (Lipinski definition) is 4. The smallest absolute Gasteiger partial charge is 0.462 e. The first kappa shape index (κ1) is 52.9. The summed E-state index contributed by atoms with van der Waals surface area (Å²) in [5.74, 6) is -1.19. The van der Waals surface area contributed by atoms with Gasteiger partial charge in [0.2, 0.25) is 0 Å². The van der Waals surface area contributed by atoms with E-state index < -0.39 is 64.5 Å². The van der Waals surface area contributed by atoms with Crippen molar-refractivity contribution in [2.45, 2.75) is 141 Å². The van der Waals surface area contributed by atoms with Crippen LogP contribution in [0, 0.1) is 0 Å². The van der Waals surface area contributed by atoms with Crippen molar-refractivity contribution >= 4 is 19.8 Å². The van der Waals surface area contributed by atoms with Gasteiger partial charge in [-0.15, -0.1) is 0 Å². The monoisotopic (exact) mass is 806 g/mol. The van der Waals surface area contributed by atoms with E-state index in [-0.39, 0.29) is 12.8 Å². The number of ether oxygens (including phenoxy) is 2. The zero-order valence-electron chi connectivity index (χ0n) is 33.9. The Balaban J connectivity index is 4.64. The van der Waals surface area contributed by atoms with Crippen LogP contribution in [0.3, 0.4) is 0 Å². The highest BCUT2D eigenvalue weighted by Gasteiger charge is 2.27. The average molecular weight is 807 g/mol. The van der Waals surface area contributed by atoms with Gasteiger partial charge in [0.15, 0.2) is 6.10 Å². The molecular formula is C44H71O11P. The third-order valence-electron chi connectivity index (χ3n) is 7.83. The van der Waals surface area contributed by atoms with E-state index in [4.69, 9.17) is 19.1 Å². The Morgan fingerprint density at radius 1 is 0.625 bits per heavy atom. The summed E-state index contributed by atoms with van der Waals surface area (Å²) in [6.45, 7) is 1.93. The van der Waals surface area contributed by atoms with E-state index in [1.807, 2.05) is 12.2 Å². The number of allylic oxidation sites excluding steroid dienone is 15. The lowest BCUT2D eigenvalue weighted by molar-refractivity contribution is -0.161. The fourth-order valence-electron chi connectivity index (χ4n) is 4.67. The van der Waals surface area contributed by atoms with Gasteiger partial charge >= 0.3 is 19.8 Å². The number of aliphatic hydroxyl groups is 3. The maximum atomic E-state index is 12.6. The SMILES string of the molecule is CC/C=C\C/C=C\C/C=C\C/C=C\C=C\C(O)CCCC(=O)O[C@H](COC(=O)CCCC/C=C\C/C=C\C/C=C\CCCCC)COP(=O)(O)OC[C@@H](O)CO. The fraction of sp³-hybridized carbons (Fsp3) is 0.591. The summed E-state index contributed by atoms with van der Waals surface area (Å²) < 4.78 is 32.4. The molecule has 0 aromatic carbocycles. The number of phosphoric acid groups is 1. The first-order chi connectivity index (χ1) is 27.1. The van der Waals surface area contributed by atoms with Gasteiger partial charge < -0.3 is 29.7 Å². The van der Waals surface area contributed by atoms with Crippen molar-refractivity contribution in [1.82, 2.24) is 0 Å². The molecule has 4 N–H and O–H groups in total. The number of carbonyl (C=O) groups excluding carboxylic acids is 2. The van der Waals surface area contributed by atoms with E-state index in [0.29, 0.717) is 19.3 Å². The lowest BCUT2D eigenvalue weighted by Crippen LogP contribution is -2.30. The van der Waals surface area contributed by atoms with Crippen LogP contribution in [-0.4, -0.2) is 76.9 Å². The minimum absolute atomic E-state index is 0.0607. The predicted octanol–water partition coefficient (Wildman–Crippen LogP) is 9.41. The molecule has 0 fully saturated rings. The second kappa shape index (κ2) is 38.7. The Kier molecular flexibility index (Phi) is 36.5. The van der Waals surface area contributed by atoms with Crippen molar-refractivity contribution in [3.8, 4) is 0 Å². The Morgan fingerprint density at radius 2 is 1.16 bits per heavy atom. The van der Waals surface area contributed by atoms with Crippen LogP contribution < -0.4 is 0 Å². The molecule has 0 aliphatic carbocycles. The van der Waals surface area contributed by atoms with Gasteiger partial charge in [-0.3, -0.25) is 18.6 Å². The number of esters is 2. The molecule has 0 bridgehead atoms. The molecule has 11 nitrogen and oxygen atoms in total. The number of aliphatic hydroxyl groups excluding tert-OH is 3. The van der Waals surface area contributed by atoms with Crippen molar-refractivity contribution < 1.29 is 52.9 Å². The number of unbranched alkanes of at least 4 members (excludes halogenated alkanes) is 5. The van der Waals surface area contributed by atoms with Crippen LogP contribution in [0.25, 0.3) is 0 Å². The highest BCUT2D eigenvalue weighted by molar-refractivity contribution is 7.47. The van der Waals surface area contributed by atoms with Gasteiger partial charge in [-0.05, 0) is 83.5 Å². The van der Waals surface area contributed by atoms with Gasteiger partial charge in [0.25, 0.3) is 0 Å². The normalized spacial score (nSPS) is 15.5.